The molecule has 1 aromatic carbocycles. The molecule has 0 aromatic heterocycles. The van der Waals surface area contributed by atoms with Crippen molar-refractivity contribution in [2.24, 2.45) is 0 Å². The van der Waals surface area contributed by atoms with Crippen LogP contribution in [0.3, 0.4) is 0 Å². The largest absolute Gasteiger partial charge is 0.497 e. The maximum absolute atomic E-state index is 8.87. The van der Waals surface area contributed by atoms with Gasteiger partial charge in [-0.15, -0.1) is 11.8 Å². The number of fused-ring (bicyclic) bond motifs is 1. The lowest BCUT2D eigenvalue weighted by atomic mass is 10.1. The molecule has 0 bridgehead atoms. The summed E-state index contributed by atoms with van der Waals surface area (Å²) >= 11 is 1.86. The van der Waals surface area contributed by atoms with Crippen molar-refractivity contribution in [1.29, 1.82) is 0 Å². The third-order valence-electron chi connectivity index (χ3n) is 2.46. The summed E-state index contributed by atoms with van der Waals surface area (Å²) in [7, 11) is 1.69. The summed E-state index contributed by atoms with van der Waals surface area (Å²) in [5.41, 5.74) is 1.35. The van der Waals surface area contributed by atoms with E-state index in [-0.39, 0.29) is 6.61 Å². The van der Waals surface area contributed by atoms with Gasteiger partial charge in [-0.05, 0) is 36.6 Å². The fourth-order valence-electron chi connectivity index (χ4n) is 1.73. The van der Waals surface area contributed by atoms with E-state index in [2.05, 4.69) is 12.1 Å². The number of rotatable bonds is 3. The number of methoxy groups -OCH3 is 1. The van der Waals surface area contributed by atoms with Crippen LogP contribution in [0, 0.1) is 0 Å². The molecule has 1 aliphatic rings. The van der Waals surface area contributed by atoms with Crippen LogP contribution in [0.15, 0.2) is 23.1 Å². The topological polar surface area (TPSA) is 29.5 Å². The smallest absolute Gasteiger partial charge is 0.119 e. The van der Waals surface area contributed by atoms with Crippen molar-refractivity contribution in [2.45, 2.75) is 23.0 Å². The average molecular weight is 210 g/mol. The maximum Gasteiger partial charge on any atom is 0.119 e. The standard InChI is InChI=1S/C11H14O2S/c1-13-9-2-3-11-8(6-9)7-10(14-11)4-5-12/h2-3,6,10,12H,4-5,7H2,1H3. The molecule has 2 rings (SSSR count). The second kappa shape index (κ2) is 4.24. The first-order chi connectivity index (χ1) is 6.83. The molecule has 1 aliphatic heterocycles. The minimum atomic E-state index is 0.281. The van der Waals surface area contributed by atoms with Gasteiger partial charge in [0, 0.05) is 16.8 Å². The lowest BCUT2D eigenvalue weighted by Gasteiger charge is -2.03. The zero-order valence-corrected chi connectivity index (χ0v) is 9.01. The summed E-state index contributed by atoms with van der Waals surface area (Å²) in [6, 6.07) is 6.20. The van der Waals surface area contributed by atoms with Gasteiger partial charge in [-0.2, -0.15) is 0 Å². The van der Waals surface area contributed by atoms with Crippen LogP contribution in [0.5, 0.6) is 5.75 Å². The second-order valence-electron chi connectivity index (χ2n) is 3.43. The van der Waals surface area contributed by atoms with Crippen LogP contribution in [0.1, 0.15) is 12.0 Å². The Kier molecular flexibility index (Phi) is 2.99. The van der Waals surface area contributed by atoms with Crippen molar-refractivity contribution >= 4 is 11.8 Å². The SMILES string of the molecule is COc1ccc2c(c1)CC(CCO)S2. The number of aliphatic hydroxyl groups is 1. The quantitative estimate of drug-likeness (QED) is 0.828. The summed E-state index contributed by atoms with van der Waals surface area (Å²) in [6.07, 6.45) is 1.93. The van der Waals surface area contributed by atoms with Crippen LogP contribution in [0.4, 0.5) is 0 Å². The van der Waals surface area contributed by atoms with Crippen LogP contribution in [0.2, 0.25) is 0 Å². The molecule has 0 radical (unpaired) electrons. The maximum atomic E-state index is 8.87. The summed E-state index contributed by atoms with van der Waals surface area (Å²) in [5, 5.41) is 9.41. The van der Waals surface area contributed by atoms with E-state index in [9.17, 15) is 0 Å². The van der Waals surface area contributed by atoms with Gasteiger partial charge in [0.1, 0.15) is 5.75 Å². The van der Waals surface area contributed by atoms with Crippen molar-refractivity contribution in [3.05, 3.63) is 23.8 Å². The van der Waals surface area contributed by atoms with Crippen molar-refractivity contribution in [1.82, 2.24) is 0 Å². The predicted molar refractivity (Wildman–Crippen MR) is 58.0 cm³/mol. The highest BCUT2D eigenvalue weighted by Crippen LogP contribution is 2.39. The molecule has 0 spiro atoms. The highest BCUT2D eigenvalue weighted by Gasteiger charge is 2.21. The van der Waals surface area contributed by atoms with E-state index in [1.165, 1.54) is 10.5 Å². The Balaban J connectivity index is 2.14. The van der Waals surface area contributed by atoms with Crippen LogP contribution in [-0.2, 0) is 6.42 Å². The summed E-state index contributed by atoms with van der Waals surface area (Å²) in [5.74, 6) is 0.925. The van der Waals surface area contributed by atoms with Gasteiger partial charge in [-0.1, -0.05) is 0 Å². The van der Waals surface area contributed by atoms with Crippen molar-refractivity contribution in [2.75, 3.05) is 13.7 Å². The van der Waals surface area contributed by atoms with Crippen LogP contribution in [-0.4, -0.2) is 24.1 Å². The molecule has 14 heavy (non-hydrogen) atoms. The first-order valence-corrected chi connectivity index (χ1v) is 5.66. The van der Waals surface area contributed by atoms with E-state index in [0.29, 0.717) is 5.25 Å². The number of thioether (sulfide) groups is 1. The van der Waals surface area contributed by atoms with E-state index in [4.69, 9.17) is 9.84 Å². The van der Waals surface area contributed by atoms with Gasteiger partial charge in [0.25, 0.3) is 0 Å². The van der Waals surface area contributed by atoms with Gasteiger partial charge < -0.3 is 9.84 Å². The predicted octanol–water partition coefficient (Wildman–Crippen LogP) is 2.09. The number of hydrogen-bond acceptors (Lipinski definition) is 3. The Morgan fingerprint density at radius 3 is 3.14 bits per heavy atom. The number of hydrogen-bond donors (Lipinski definition) is 1. The lowest BCUT2D eigenvalue weighted by Crippen LogP contribution is -2.02. The first kappa shape index (κ1) is 9.87. The highest BCUT2D eigenvalue weighted by atomic mass is 32.2. The first-order valence-electron chi connectivity index (χ1n) is 4.78. The third kappa shape index (κ3) is 1.88. The Hall–Kier alpha value is -0.670. The van der Waals surface area contributed by atoms with E-state index >= 15 is 0 Å². The fraction of sp³-hybridized carbons (Fsp3) is 0.455. The molecular weight excluding hydrogens is 196 g/mol. The average Bonchev–Trinajstić information content (AvgIpc) is 2.59. The van der Waals surface area contributed by atoms with Crippen molar-refractivity contribution < 1.29 is 9.84 Å². The molecule has 1 atom stereocenters. The normalized spacial score (nSPS) is 19.4. The zero-order valence-electron chi connectivity index (χ0n) is 8.19. The minimum absolute atomic E-state index is 0.281. The molecule has 0 amide bonds. The minimum Gasteiger partial charge on any atom is -0.497 e. The molecule has 1 aromatic rings. The summed E-state index contributed by atoms with van der Waals surface area (Å²) < 4.78 is 5.18. The summed E-state index contributed by atoms with van der Waals surface area (Å²) in [6.45, 7) is 0.281. The fourth-order valence-corrected chi connectivity index (χ4v) is 3.01. The molecule has 1 N–H and O–H groups in total. The van der Waals surface area contributed by atoms with E-state index in [0.717, 1.165) is 18.6 Å². The van der Waals surface area contributed by atoms with Gasteiger partial charge in [0.05, 0.1) is 7.11 Å². The molecular formula is C11H14O2S. The Morgan fingerprint density at radius 2 is 2.43 bits per heavy atom. The van der Waals surface area contributed by atoms with Crippen molar-refractivity contribution in [3.63, 3.8) is 0 Å². The monoisotopic (exact) mass is 210 g/mol. The molecule has 1 heterocycles. The number of ether oxygens (including phenoxy) is 1. The van der Waals surface area contributed by atoms with E-state index < -0.39 is 0 Å². The van der Waals surface area contributed by atoms with E-state index in [1.54, 1.807) is 7.11 Å². The molecule has 2 nitrogen and oxygen atoms in total. The Labute approximate surface area is 88.3 Å². The van der Waals surface area contributed by atoms with E-state index in [1.807, 2.05) is 17.8 Å². The van der Waals surface area contributed by atoms with Gasteiger partial charge in [-0.3, -0.25) is 0 Å². The molecule has 3 heteroatoms. The van der Waals surface area contributed by atoms with Gasteiger partial charge in [0.15, 0.2) is 0 Å². The van der Waals surface area contributed by atoms with Crippen LogP contribution in [0.25, 0.3) is 0 Å². The molecule has 0 aliphatic carbocycles. The molecule has 76 valence electrons. The molecule has 0 saturated heterocycles. The Morgan fingerprint density at radius 1 is 1.57 bits per heavy atom. The zero-order chi connectivity index (χ0) is 9.97. The molecule has 0 fully saturated rings. The highest BCUT2D eigenvalue weighted by molar-refractivity contribution is 8.00. The van der Waals surface area contributed by atoms with Crippen molar-refractivity contribution in [3.8, 4) is 5.75 Å². The molecule has 0 saturated carbocycles. The van der Waals surface area contributed by atoms with Crippen LogP contribution >= 0.6 is 11.8 Å². The van der Waals surface area contributed by atoms with Gasteiger partial charge >= 0.3 is 0 Å². The number of aliphatic hydroxyl groups excluding tert-OH is 1. The van der Waals surface area contributed by atoms with Gasteiger partial charge in [0.2, 0.25) is 0 Å². The lowest BCUT2D eigenvalue weighted by molar-refractivity contribution is 0.287. The van der Waals surface area contributed by atoms with Gasteiger partial charge in [-0.25, -0.2) is 0 Å². The number of benzene rings is 1. The summed E-state index contributed by atoms with van der Waals surface area (Å²) in [4.78, 5) is 1.34. The second-order valence-corrected chi connectivity index (χ2v) is 4.77. The third-order valence-corrected chi connectivity index (χ3v) is 3.85. The Bertz CT molecular complexity index is 325. The molecule has 1 unspecified atom stereocenters. The van der Waals surface area contributed by atoms with Crippen LogP contribution < -0.4 is 4.74 Å².